The van der Waals surface area contributed by atoms with Crippen LogP contribution in [0.4, 0.5) is 5.69 Å². The molecule has 2 fully saturated rings. The molecule has 4 atom stereocenters. The molecule has 3 amide bonds. The average molecular weight is 541 g/mol. The summed E-state index contributed by atoms with van der Waals surface area (Å²) in [6.07, 6.45) is 0. The summed E-state index contributed by atoms with van der Waals surface area (Å²) in [4.78, 5) is 55.9. The molecule has 200 valence electrons. The Morgan fingerprint density at radius 1 is 1.18 bits per heavy atom. The Kier molecular flexibility index (Phi) is 7.22. The number of β-lactam (4-membered cyclic amide) rings is 1. The third-order valence-corrected chi connectivity index (χ3v) is 7.96. The highest BCUT2D eigenvalue weighted by Gasteiger charge is 2.64. The quantitative estimate of drug-likeness (QED) is 0.0887. The van der Waals surface area contributed by atoms with Gasteiger partial charge in [-0.2, -0.15) is 0 Å². The molecule has 12 nitrogen and oxygen atoms in total. The second-order valence-electron chi connectivity index (χ2n) is 9.47. The maximum absolute atomic E-state index is 13.3. The molecule has 2 heterocycles. The number of thioether (sulfide) groups is 1. The van der Waals surface area contributed by atoms with Crippen molar-refractivity contribution < 1.29 is 29.4 Å². The van der Waals surface area contributed by atoms with Crippen LogP contribution in [-0.4, -0.2) is 73.4 Å². The molecule has 0 saturated carbocycles. The van der Waals surface area contributed by atoms with Gasteiger partial charge < -0.3 is 37.2 Å². The molecule has 2 saturated heterocycles. The predicted molar refractivity (Wildman–Crippen MR) is 141 cm³/mol. The van der Waals surface area contributed by atoms with Crippen molar-refractivity contribution in [2.45, 2.75) is 42.1 Å². The number of nitrogen functional groups attached to an aromatic ring is 1. The number of hydrogen-bond acceptors (Lipinski definition) is 8. The maximum atomic E-state index is 13.3. The van der Waals surface area contributed by atoms with E-state index in [4.69, 9.17) is 11.5 Å². The standard InChI is InChI=1S/C25H28N6O6S/c1-25(2)19(24(36)37)31-22(35)18(23(31)38-25)30-21(34)17(12-6-4-3-5-7-12)29-16(33)11-28-20(27)13-8-9-15(32)14(26)10-13/h3-10,17-19,23,32H,11,26H2,1-2H3,(H2,27,28)(H,29,33)(H,30,34)(H,36,37)/t17?,18-,19+,23-/m1/s1. The van der Waals surface area contributed by atoms with Crippen molar-refractivity contribution in [1.29, 1.82) is 0 Å². The number of aliphatic imine (C=N–C) groups is 1. The number of nitrogens with one attached hydrogen (secondary N) is 2. The minimum Gasteiger partial charge on any atom is -0.506 e. The van der Waals surface area contributed by atoms with Crippen LogP contribution < -0.4 is 22.1 Å². The smallest absolute Gasteiger partial charge is 0.327 e. The van der Waals surface area contributed by atoms with Gasteiger partial charge in [-0.05, 0) is 37.6 Å². The number of carboxylic acids is 1. The van der Waals surface area contributed by atoms with E-state index < -0.39 is 58.5 Å². The van der Waals surface area contributed by atoms with Gasteiger partial charge in [-0.25, -0.2) is 4.79 Å². The molecule has 0 aliphatic carbocycles. The van der Waals surface area contributed by atoms with Crippen LogP contribution >= 0.6 is 11.8 Å². The van der Waals surface area contributed by atoms with Crippen LogP contribution in [0.5, 0.6) is 5.75 Å². The average Bonchev–Trinajstić information content (AvgIpc) is 3.14. The van der Waals surface area contributed by atoms with Crippen molar-refractivity contribution in [2.24, 2.45) is 10.7 Å². The van der Waals surface area contributed by atoms with Crippen LogP contribution in [0.2, 0.25) is 0 Å². The number of phenolic OH excluding ortho intramolecular Hbond substituents is 1. The predicted octanol–water partition coefficient (Wildman–Crippen LogP) is 0.169. The lowest BCUT2D eigenvalue weighted by molar-refractivity contribution is -0.161. The first-order valence-electron chi connectivity index (χ1n) is 11.7. The normalized spacial score (nSPS) is 22.7. The molecule has 0 radical (unpaired) electrons. The molecule has 2 aliphatic heterocycles. The molecule has 2 aromatic rings. The molecular formula is C25H28N6O6S. The Hall–Kier alpha value is -4.26. The summed E-state index contributed by atoms with van der Waals surface area (Å²) >= 11 is 1.31. The van der Waals surface area contributed by atoms with E-state index in [-0.39, 0.29) is 17.3 Å². The van der Waals surface area contributed by atoms with Crippen molar-refractivity contribution >= 4 is 47.0 Å². The third-order valence-electron chi connectivity index (χ3n) is 6.39. The van der Waals surface area contributed by atoms with E-state index in [0.29, 0.717) is 11.1 Å². The molecule has 8 N–H and O–H groups in total. The van der Waals surface area contributed by atoms with Crippen LogP contribution in [0, 0.1) is 0 Å². The molecule has 0 aromatic heterocycles. The summed E-state index contributed by atoms with van der Waals surface area (Å²) in [6.45, 7) is 3.09. The van der Waals surface area contributed by atoms with Gasteiger partial charge in [0, 0.05) is 10.3 Å². The van der Waals surface area contributed by atoms with E-state index >= 15 is 0 Å². The Balaban J connectivity index is 1.46. The summed E-state index contributed by atoms with van der Waals surface area (Å²) in [6, 6.07) is 9.69. The van der Waals surface area contributed by atoms with E-state index in [1.165, 1.54) is 34.9 Å². The number of benzene rings is 2. The lowest BCUT2D eigenvalue weighted by Crippen LogP contribution is -2.71. The Bertz CT molecular complexity index is 1320. The Morgan fingerprint density at radius 2 is 1.87 bits per heavy atom. The topological polar surface area (TPSA) is 200 Å². The summed E-state index contributed by atoms with van der Waals surface area (Å²) in [5.41, 5.74) is 12.6. The molecule has 38 heavy (non-hydrogen) atoms. The molecule has 0 spiro atoms. The van der Waals surface area contributed by atoms with Gasteiger partial charge in [-0.3, -0.25) is 19.4 Å². The second kappa shape index (κ2) is 10.2. The van der Waals surface area contributed by atoms with Gasteiger partial charge >= 0.3 is 5.97 Å². The lowest BCUT2D eigenvalue weighted by Gasteiger charge is -2.44. The number of amidine groups is 1. The molecule has 1 unspecified atom stereocenters. The summed E-state index contributed by atoms with van der Waals surface area (Å²) in [5.74, 6) is -2.91. The molecule has 2 aromatic carbocycles. The minimum atomic E-state index is -1.14. The van der Waals surface area contributed by atoms with Gasteiger partial charge in [0.15, 0.2) is 0 Å². The molecular weight excluding hydrogens is 512 g/mol. The monoisotopic (exact) mass is 540 g/mol. The van der Waals surface area contributed by atoms with E-state index in [0.717, 1.165) is 0 Å². The number of aromatic hydroxyl groups is 1. The maximum Gasteiger partial charge on any atom is 0.327 e. The molecule has 13 heteroatoms. The number of nitrogens with zero attached hydrogens (tertiary/aromatic N) is 2. The van der Waals surface area contributed by atoms with Gasteiger partial charge in [-0.15, -0.1) is 11.8 Å². The number of nitrogens with two attached hydrogens (primary N) is 2. The first kappa shape index (κ1) is 26.8. The van der Waals surface area contributed by atoms with E-state index in [1.807, 2.05) is 0 Å². The zero-order valence-corrected chi connectivity index (χ0v) is 21.4. The van der Waals surface area contributed by atoms with Crippen LogP contribution in [-0.2, 0) is 19.2 Å². The SMILES string of the molecule is CC1(C)S[C@@H]2[C@H](NC(=O)C(NC(=O)CN=C(N)c3ccc(O)c(N)c3)c3ccccc3)C(=O)N2[C@H]1C(=O)O. The van der Waals surface area contributed by atoms with Gasteiger partial charge in [0.2, 0.25) is 17.7 Å². The van der Waals surface area contributed by atoms with Crippen molar-refractivity contribution in [3.8, 4) is 5.75 Å². The van der Waals surface area contributed by atoms with Crippen LogP contribution in [0.1, 0.15) is 31.0 Å². The van der Waals surface area contributed by atoms with Crippen molar-refractivity contribution in [3.63, 3.8) is 0 Å². The van der Waals surface area contributed by atoms with Crippen molar-refractivity contribution in [3.05, 3.63) is 59.7 Å². The highest BCUT2D eigenvalue weighted by Crippen LogP contribution is 2.50. The van der Waals surface area contributed by atoms with Gasteiger partial charge in [0.1, 0.15) is 41.6 Å². The third kappa shape index (κ3) is 5.09. The number of amides is 3. The first-order valence-corrected chi connectivity index (χ1v) is 12.5. The van der Waals surface area contributed by atoms with Gasteiger partial charge in [0.05, 0.1) is 5.69 Å². The second-order valence-corrected chi connectivity index (χ2v) is 11.2. The Labute approximate surface area is 222 Å². The minimum absolute atomic E-state index is 0.0153. The van der Waals surface area contributed by atoms with Crippen molar-refractivity contribution in [1.82, 2.24) is 15.5 Å². The fourth-order valence-electron chi connectivity index (χ4n) is 4.50. The number of anilines is 1. The zero-order chi connectivity index (χ0) is 27.8. The number of carbonyl (C=O) groups is 4. The fraction of sp³-hybridized carbons (Fsp3) is 0.320. The van der Waals surface area contributed by atoms with E-state index in [2.05, 4.69) is 15.6 Å². The molecule has 2 aliphatic rings. The molecule has 4 rings (SSSR count). The molecule has 0 bridgehead atoms. The van der Waals surface area contributed by atoms with Crippen LogP contribution in [0.25, 0.3) is 0 Å². The number of phenols is 1. The number of fused-ring (bicyclic) bond motifs is 1. The number of rotatable bonds is 8. The lowest BCUT2D eigenvalue weighted by atomic mass is 9.95. The van der Waals surface area contributed by atoms with E-state index in [1.54, 1.807) is 44.2 Å². The van der Waals surface area contributed by atoms with E-state index in [9.17, 15) is 29.4 Å². The first-order chi connectivity index (χ1) is 17.9. The number of aliphatic carboxylic acids is 1. The van der Waals surface area contributed by atoms with Crippen molar-refractivity contribution in [2.75, 3.05) is 12.3 Å². The zero-order valence-electron chi connectivity index (χ0n) is 20.6. The highest BCUT2D eigenvalue weighted by molar-refractivity contribution is 8.01. The van der Waals surface area contributed by atoms with Crippen LogP contribution in [0.3, 0.4) is 0 Å². The number of carbonyl (C=O) groups excluding carboxylic acids is 3. The highest BCUT2D eigenvalue weighted by atomic mass is 32.2. The number of hydrogen-bond donors (Lipinski definition) is 6. The van der Waals surface area contributed by atoms with Crippen LogP contribution in [0.15, 0.2) is 53.5 Å². The Morgan fingerprint density at radius 3 is 2.50 bits per heavy atom. The largest absolute Gasteiger partial charge is 0.506 e. The fourth-order valence-corrected chi connectivity index (χ4v) is 6.12. The summed E-state index contributed by atoms with van der Waals surface area (Å²) in [7, 11) is 0. The summed E-state index contributed by atoms with van der Waals surface area (Å²) < 4.78 is -0.737. The number of carboxylic acid groups (broad SMARTS) is 1. The van der Waals surface area contributed by atoms with Gasteiger partial charge in [0.25, 0.3) is 0 Å². The van der Waals surface area contributed by atoms with Gasteiger partial charge in [-0.1, -0.05) is 30.3 Å². The summed E-state index contributed by atoms with van der Waals surface area (Å²) in [5, 5.41) is 23.9.